The Bertz CT molecular complexity index is 624. The normalized spacial score (nSPS) is 16.1. The van der Waals surface area contributed by atoms with E-state index in [1.165, 1.54) is 6.33 Å². The number of hydrogen-bond acceptors (Lipinski definition) is 5. The molecule has 0 aliphatic carbocycles. The number of fused-ring (bicyclic) bond motifs is 1. The van der Waals surface area contributed by atoms with E-state index in [4.69, 9.17) is 11.6 Å². The third-order valence-electron chi connectivity index (χ3n) is 2.91. The predicted molar refractivity (Wildman–Crippen MR) is 65.8 cm³/mol. The van der Waals surface area contributed by atoms with Crippen molar-refractivity contribution < 1.29 is 4.79 Å². The van der Waals surface area contributed by atoms with Crippen molar-refractivity contribution >= 4 is 29.1 Å². The van der Waals surface area contributed by atoms with E-state index in [-0.39, 0.29) is 12.5 Å². The number of rotatable bonds is 1. The van der Waals surface area contributed by atoms with Crippen molar-refractivity contribution in [3.05, 3.63) is 17.0 Å². The summed E-state index contributed by atoms with van der Waals surface area (Å²) in [6.45, 7) is 3.46. The highest BCUT2D eigenvalue weighted by Gasteiger charge is 2.23. The Morgan fingerprint density at radius 2 is 2.33 bits per heavy atom. The standard InChI is InChI=1S/C10H11ClN6O/c1-6-8(11)15-10-13-5-14-17(10)9(6)16-3-2-12-7(18)4-16/h5H,2-4H2,1H3,(H,12,18). The maximum atomic E-state index is 11.5. The number of amides is 1. The highest BCUT2D eigenvalue weighted by Crippen LogP contribution is 2.25. The number of aromatic nitrogens is 4. The molecule has 1 N–H and O–H groups in total. The summed E-state index contributed by atoms with van der Waals surface area (Å²) >= 11 is 6.09. The van der Waals surface area contributed by atoms with Crippen molar-refractivity contribution in [3.63, 3.8) is 0 Å². The van der Waals surface area contributed by atoms with Gasteiger partial charge in [-0.2, -0.15) is 19.6 Å². The highest BCUT2D eigenvalue weighted by molar-refractivity contribution is 6.30. The molecule has 1 aliphatic heterocycles. The fourth-order valence-corrected chi connectivity index (χ4v) is 2.23. The van der Waals surface area contributed by atoms with Crippen LogP contribution >= 0.6 is 11.6 Å². The third kappa shape index (κ3) is 1.67. The van der Waals surface area contributed by atoms with Gasteiger partial charge >= 0.3 is 0 Å². The second-order valence-electron chi connectivity index (χ2n) is 4.09. The van der Waals surface area contributed by atoms with E-state index in [2.05, 4.69) is 20.4 Å². The molecule has 8 heteroatoms. The zero-order valence-electron chi connectivity index (χ0n) is 9.72. The largest absolute Gasteiger partial charge is 0.353 e. The molecule has 3 heterocycles. The molecule has 3 rings (SSSR count). The van der Waals surface area contributed by atoms with Gasteiger partial charge in [0.15, 0.2) is 0 Å². The lowest BCUT2D eigenvalue weighted by molar-refractivity contribution is -0.120. The average molecular weight is 267 g/mol. The number of nitrogens with zero attached hydrogens (tertiary/aromatic N) is 5. The van der Waals surface area contributed by atoms with Crippen molar-refractivity contribution in [2.75, 3.05) is 24.5 Å². The molecule has 1 amide bonds. The Labute approximate surface area is 108 Å². The van der Waals surface area contributed by atoms with E-state index in [0.717, 1.165) is 11.4 Å². The molecule has 18 heavy (non-hydrogen) atoms. The number of halogens is 1. The molecule has 2 aromatic rings. The van der Waals surface area contributed by atoms with Gasteiger partial charge in [0.05, 0.1) is 6.54 Å². The minimum Gasteiger partial charge on any atom is -0.353 e. The van der Waals surface area contributed by atoms with E-state index in [9.17, 15) is 4.79 Å². The number of anilines is 1. The lowest BCUT2D eigenvalue weighted by atomic mass is 10.3. The average Bonchev–Trinajstić information content (AvgIpc) is 2.78. The summed E-state index contributed by atoms with van der Waals surface area (Å²) in [6, 6.07) is 0. The van der Waals surface area contributed by atoms with Crippen LogP contribution in [0, 0.1) is 6.92 Å². The molecule has 0 atom stereocenters. The number of piperazine rings is 1. The van der Waals surface area contributed by atoms with Gasteiger partial charge in [0.25, 0.3) is 5.78 Å². The summed E-state index contributed by atoms with van der Waals surface area (Å²) in [4.78, 5) is 21.6. The van der Waals surface area contributed by atoms with Gasteiger partial charge in [0.1, 0.15) is 17.3 Å². The van der Waals surface area contributed by atoms with E-state index in [1.807, 2.05) is 11.8 Å². The Morgan fingerprint density at radius 1 is 1.50 bits per heavy atom. The van der Waals surface area contributed by atoms with Gasteiger partial charge in [0.2, 0.25) is 5.91 Å². The van der Waals surface area contributed by atoms with Crippen molar-refractivity contribution in [1.82, 2.24) is 24.9 Å². The van der Waals surface area contributed by atoms with E-state index in [1.54, 1.807) is 4.52 Å². The molecule has 0 spiro atoms. The number of nitrogens with one attached hydrogen (secondary N) is 1. The summed E-state index contributed by atoms with van der Waals surface area (Å²) in [5, 5.41) is 7.30. The second-order valence-corrected chi connectivity index (χ2v) is 4.45. The number of hydrogen-bond donors (Lipinski definition) is 1. The first-order valence-electron chi connectivity index (χ1n) is 5.54. The molecule has 0 bridgehead atoms. The highest BCUT2D eigenvalue weighted by atomic mass is 35.5. The van der Waals surface area contributed by atoms with Crippen LogP contribution in [0.4, 0.5) is 5.82 Å². The topological polar surface area (TPSA) is 75.4 Å². The zero-order valence-corrected chi connectivity index (χ0v) is 10.5. The zero-order chi connectivity index (χ0) is 12.7. The minimum absolute atomic E-state index is 0.0122. The summed E-state index contributed by atoms with van der Waals surface area (Å²) < 4.78 is 1.61. The van der Waals surface area contributed by atoms with Crippen molar-refractivity contribution in [1.29, 1.82) is 0 Å². The Morgan fingerprint density at radius 3 is 3.11 bits per heavy atom. The SMILES string of the molecule is Cc1c(Cl)nc2ncnn2c1N1CCNC(=O)C1. The fraction of sp³-hybridized carbons (Fsp3) is 0.400. The quantitative estimate of drug-likeness (QED) is 0.737. The van der Waals surface area contributed by atoms with Gasteiger partial charge < -0.3 is 10.2 Å². The van der Waals surface area contributed by atoms with Gasteiger partial charge in [-0.15, -0.1) is 0 Å². The van der Waals surface area contributed by atoms with Crippen LogP contribution in [0.3, 0.4) is 0 Å². The summed E-state index contributed by atoms with van der Waals surface area (Å²) in [5.41, 5.74) is 0.796. The maximum absolute atomic E-state index is 11.5. The Balaban J connectivity index is 2.17. The summed E-state index contributed by atoms with van der Waals surface area (Å²) in [6.07, 6.45) is 1.42. The molecule has 0 radical (unpaired) electrons. The van der Waals surface area contributed by atoms with Gasteiger partial charge in [-0.25, -0.2) is 0 Å². The lowest BCUT2D eigenvalue weighted by Crippen LogP contribution is -2.48. The molecule has 1 saturated heterocycles. The smallest absolute Gasteiger partial charge is 0.255 e. The lowest BCUT2D eigenvalue weighted by Gasteiger charge is -2.29. The van der Waals surface area contributed by atoms with Crippen molar-refractivity contribution in [3.8, 4) is 0 Å². The second kappa shape index (κ2) is 4.09. The molecule has 0 aromatic carbocycles. The van der Waals surface area contributed by atoms with Gasteiger partial charge in [0, 0.05) is 18.7 Å². The van der Waals surface area contributed by atoms with Crippen LogP contribution in [0.2, 0.25) is 5.15 Å². The summed E-state index contributed by atoms with van der Waals surface area (Å²) in [5.74, 6) is 1.20. The number of carbonyl (C=O) groups is 1. The van der Waals surface area contributed by atoms with E-state index < -0.39 is 0 Å². The maximum Gasteiger partial charge on any atom is 0.255 e. The van der Waals surface area contributed by atoms with Crippen LogP contribution in [0.15, 0.2) is 6.33 Å². The summed E-state index contributed by atoms with van der Waals surface area (Å²) in [7, 11) is 0. The molecule has 1 fully saturated rings. The van der Waals surface area contributed by atoms with Gasteiger partial charge in [-0.3, -0.25) is 4.79 Å². The molecule has 0 saturated carbocycles. The van der Waals surface area contributed by atoms with Gasteiger partial charge in [-0.1, -0.05) is 11.6 Å². The Hall–Kier alpha value is -1.89. The molecule has 94 valence electrons. The van der Waals surface area contributed by atoms with Crippen LogP contribution in [0.25, 0.3) is 5.78 Å². The molecule has 1 aliphatic rings. The first-order valence-corrected chi connectivity index (χ1v) is 5.92. The number of carbonyl (C=O) groups excluding carboxylic acids is 1. The van der Waals surface area contributed by atoms with Crippen LogP contribution in [-0.2, 0) is 4.79 Å². The van der Waals surface area contributed by atoms with Crippen molar-refractivity contribution in [2.24, 2.45) is 0 Å². The first kappa shape index (κ1) is 11.2. The van der Waals surface area contributed by atoms with Crippen LogP contribution < -0.4 is 10.2 Å². The minimum atomic E-state index is -0.0122. The molecule has 0 unspecified atom stereocenters. The first-order chi connectivity index (χ1) is 8.66. The van der Waals surface area contributed by atoms with Gasteiger partial charge in [-0.05, 0) is 6.92 Å². The third-order valence-corrected chi connectivity index (χ3v) is 3.28. The van der Waals surface area contributed by atoms with Crippen LogP contribution in [0.5, 0.6) is 0 Å². The molecular weight excluding hydrogens is 256 g/mol. The Kier molecular flexibility index (Phi) is 2.55. The predicted octanol–water partition coefficient (Wildman–Crippen LogP) is 0.0223. The van der Waals surface area contributed by atoms with Crippen LogP contribution in [-0.4, -0.2) is 45.1 Å². The molecule has 7 nitrogen and oxygen atoms in total. The van der Waals surface area contributed by atoms with Crippen LogP contribution in [0.1, 0.15) is 5.56 Å². The van der Waals surface area contributed by atoms with E-state index >= 15 is 0 Å². The molecule has 2 aromatic heterocycles. The molecular formula is C10H11ClN6O. The fourth-order valence-electron chi connectivity index (χ4n) is 2.07. The van der Waals surface area contributed by atoms with Crippen molar-refractivity contribution in [2.45, 2.75) is 6.92 Å². The van der Waals surface area contributed by atoms with E-state index in [0.29, 0.717) is 24.0 Å². The monoisotopic (exact) mass is 266 g/mol.